The molecule has 0 aliphatic heterocycles. The molecule has 0 aromatic carbocycles. The van der Waals surface area contributed by atoms with E-state index in [1.54, 1.807) is 0 Å². The van der Waals surface area contributed by atoms with Crippen LogP contribution in [0.1, 0.15) is 39.4 Å². The average Bonchev–Trinajstić information content (AvgIpc) is 2.28. The standard InChI is InChI=1S/C12H22N4O/c1-8(2)11-14-9(13-5)6-10(15-11)16-12(3,4)7-17/h6,8,17H,7H2,1-5H3,(H2,13,14,15,16). The first-order valence-electron chi connectivity index (χ1n) is 5.83. The van der Waals surface area contributed by atoms with Crippen molar-refractivity contribution in [3.05, 3.63) is 11.9 Å². The fraction of sp³-hybridized carbons (Fsp3) is 0.667. The number of aliphatic hydroxyl groups is 1. The van der Waals surface area contributed by atoms with Crippen molar-refractivity contribution in [3.8, 4) is 0 Å². The number of anilines is 2. The molecular weight excluding hydrogens is 216 g/mol. The molecule has 1 aromatic rings. The number of nitrogens with one attached hydrogen (secondary N) is 2. The van der Waals surface area contributed by atoms with E-state index < -0.39 is 5.54 Å². The Hall–Kier alpha value is -1.36. The van der Waals surface area contributed by atoms with E-state index in [9.17, 15) is 5.11 Å². The molecule has 0 fully saturated rings. The summed E-state index contributed by atoms with van der Waals surface area (Å²) in [5.74, 6) is 2.56. The van der Waals surface area contributed by atoms with Crippen LogP contribution in [0.25, 0.3) is 0 Å². The van der Waals surface area contributed by atoms with Crippen molar-refractivity contribution < 1.29 is 5.11 Å². The Morgan fingerprint density at radius 1 is 1.29 bits per heavy atom. The Morgan fingerprint density at radius 3 is 2.35 bits per heavy atom. The molecule has 1 rings (SSSR count). The molecule has 0 radical (unpaired) electrons. The molecule has 96 valence electrons. The summed E-state index contributed by atoms with van der Waals surface area (Å²) in [6, 6.07) is 1.84. The molecule has 0 spiro atoms. The van der Waals surface area contributed by atoms with E-state index in [1.165, 1.54) is 0 Å². The molecule has 1 heterocycles. The molecule has 5 nitrogen and oxygen atoms in total. The lowest BCUT2D eigenvalue weighted by atomic mass is 10.1. The Balaban J connectivity index is 3.03. The molecule has 3 N–H and O–H groups in total. The van der Waals surface area contributed by atoms with E-state index >= 15 is 0 Å². The minimum atomic E-state index is -0.395. The third-order valence-corrected chi connectivity index (χ3v) is 2.38. The van der Waals surface area contributed by atoms with Gasteiger partial charge in [-0.25, -0.2) is 9.97 Å². The molecule has 0 aliphatic carbocycles. The van der Waals surface area contributed by atoms with E-state index in [4.69, 9.17) is 0 Å². The molecule has 0 saturated heterocycles. The van der Waals surface area contributed by atoms with E-state index in [1.807, 2.05) is 27.0 Å². The van der Waals surface area contributed by atoms with Crippen LogP contribution in [0.3, 0.4) is 0 Å². The second-order valence-corrected chi connectivity index (χ2v) is 5.07. The largest absolute Gasteiger partial charge is 0.394 e. The van der Waals surface area contributed by atoms with E-state index in [0.29, 0.717) is 0 Å². The molecule has 0 bridgehead atoms. The third kappa shape index (κ3) is 3.85. The highest BCUT2D eigenvalue weighted by atomic mass is 16.3. The lowest BCUT2D eigenvalue weighted by Gasteiger charge is -2.24. The van der Waals surface area contributed by atoms with Gasteiger partial charge in [-0.2, -0.15) is 0 Å². The zero-order chi connectivity index (χ0) is 13.1. The third-order valence-electron chi connectivity index (χ3n) is 2.38. The SMILES string of the molecule is CNc1cc(NC(C)(C)CO)nc(C(C)C)n1. The highest BCUT2D eigenvalue weighted by Gasteiger charge is 2.17. The summed E-state index contributed by atoms with van der Waals surface area (Å²) in [6.45, 7) is 7.99. The normalized spacial score (nSPS) is 11.7. The number of nitrogens with zero attached hydrogens (tertiary/aromatic N) is 2. The summed E-state index contributed by atoms with van der Waals surface area (Å²) in [6.07, 6.45) is 0. The van der Waals surface area contributed by atoms with Crippen LogP contribution in [0, 0.1) is 0 Å². The van der Waals surface area contributed by atoms with Crippen molar-refractivity contribution in [2.45, 2.75) is 39.2 Å². The van der Waals surface area contributed by atoms with Crippen LogP contribution in [0.2, 0.25) is 0 Å². The Bertz CT molecular complexity index is 377. The fourth-order valence-corrected chi connectivity index (χ4v) is 1.30. The number of hydrogen-bond donors (Lipinski definition) is 3. The lowest BCUT2D eigenvalue weighted by Crippen LogP contribution is -2.35. The maximum absolute atomic E-state index is 9.24. The second kappa shape index (κ2) is 5.31. The highest BCUT2D eigenvalue weighted by Crippen LogP contribution is 2.19. The van der Waals surface area contributed by atoms with Gasteiger partial charge in [-0.1, -0.05) is 13.8 Å². The quantitative estimate of drug-likeness (QED) is 0.730. The fourth-order valence-electron chi connectivity index (χ4n) is 1.30. The first kappa shape index (κ1) is 13.7. The minimum Gasteiger partial charge on any atom is -0.394 e. The van der Waals surface area contributed by atoms with Gasteiger partial charge in [-0.15, -0.1) is 0 Å². The van der Waals surface area contributed by atoms with Crippen LogP contribution in [0.15, 0.2) is 6.07 Å². The number of aliphatic hydroxyl groups excluding tert-OH is 1. The maximum Gasteiger partial charge on any atom is 0.135 e. The zero-order valence-electron chi connectivity index (χ0n) is 11.2. The summed E-state index contributed by atoms with van der Waals surface area (Å²) in [5, 5.41) is 15.4. The first-order chi connectivity index (χ1) is 7.88. The van der Waals surface area contributed by atoms with Gasteiger partial charge in [-0.05, 0) is 13.8 Å². The molecule has 0 saturated carbocycles. The first-order valence-corrected chi connectivity index (χ1v) is 5.83. The highest BCUT2D eigenvalue weighted by molar-refractivity contribution is 5.48. The zero-order valence-corrected chi connectivity index (χ0v) is 11.2. The van der Waals surface area contributed by atoms with Gasteiger partial charge in [0.15, 0.2) is 0 Å². The minimum absolute atomic E-state index is 0.0445. The number of hydrogen-bond acceptors (Lipinski definition) is 5. The second-order valence-electron chi connectivity index (χ2n) is 5.07. The molecule has 0 atom stereocenters. The summed E-state index contributed by atoms with van der Waals surface area (Å²) >= 11 is 0. The molecule has 5 heteroatoms. The molecule has 1 aromatic heterocycles. The van der Waals surface area contributed by atoms with Crippen molar-refractivity contribution in [2.24, 2.45) is 0 Å². The molecule has 0 amide bonds. The van der Waals surface area contributed by atoms with Crippen molar-refractivity contribution >= 4 is 11.6 Å². The molecular formula is C12H22N4O. The summed E-state index contributed by atoms with van der Waals surface area (Å²) in [4.78, 5) is 8.82. The predicted octanol–water partition coefficient (Wildman–Crippen LogP) is 1.82. The van der Waals surface area contributed by atoms with Gasteiger partial charge in [0.25, 0.3) is 0 Å². The van der Waals surface area contributed by atoms with Gasteiger partial charge in [0.2, 0.25) is 0 Å². The molecule has 0 aliphatic rings. The van der Waals surface area contributed by atoms with Gasteiger partial charge < -0.3 is 15.7 Å². The van der Waals surface area contributed by atoms with Crippen molar-refractivity contribution in [2.75, 3.05) is 24.3 Å². The summed E-state index contributed by atoms with van der Waals surface area (Å²) < 4.78 is 0. The molecule has 17 heavy (non-hydrogen) atoms. The monoisotopic (exact) mass is 238 g/mol. The van der Waals surface area contributed by atoms with Gasteiger partial charge >= 0.3 is 0 Å². The van der Waals surface area contributed by atoms with E-state index in [2.05, 4.69) is 34.4 Å². The maximum atomic E-state index is 9.24. The predicted molar refractivity (Wildman–Crippen MR) is 70.5 cm³/mol. The van der Waals surface area contributed by atoms with E-state index in [0.717, 1.165) is 17.5 Å². The van der Waals surface area contributed by atoms with Crippen molar-refractivity contribution in [3.63, 3.8) is 0 Å². The van der Waals surface area contributed by atoms with Crippen LogP contribution >= 0.6 is 0 Å². The lowest BCUT2D eigenvalue weighted by molar-refractivity contribution is 0.234. The van der Waals surface area contributed by atoms with Crippen LogP contribution in [-0.2, 0) is 0 Å². The van der Waals surface area contributed by atoms with Crippen molar-refractivity contribution in [1.82, 2.24) is 9.97 Å². The molecule has 0 unspecified atom stereocenters. The van der Waals surface area contributed by atoms with Crippen LogP contribution in [0.4, 0.5) is 11.6 Å². The van der Waals surface area contributed by atoms with Gasteiger partial charge in [0.1, 0.15) is 17.5 Å². The van der Waals surface area contributed by atoms with Crippen LogP contribution in [0.5, 0.6) is 0 Å². The Kier molecular flexibility index (Phi) is 4.28. The topological polar surface area (TPSA) is 70.1 Å². The number of rotatable bonds is 5. The van der Waals surface area contributed by atoms with Gasteiger partial charge in [0, 0.05) is 19.0 Å². The van der Waals surface area contributed by atoms with Crippen molar-refractivity contribution in [1.29, 1.82) is 0 Å². The van der Waals surface area contributed by atoms with Gasteiger partial charge in [-0.3, -0.25) is 0 Å². The summed E-state index contributed by atoms with van der Waals surface area (Å²) in [5.41, 5.74) is -0.395. The summed E-state index contributed by atoms with van der Waals surface area (Å²) in [7, 11) is 1.83. The van der Waals surface area contributed by atoms with Gasteiger partial charge in [0.05, 0.1) is 12.1 Å². The number of aromatic nitrogens is 2. The van der Waals surface area contributed by atoms with Crippen LogP contribution in [-0.4, -0.2) is 34.3 Å². The van der Waals surface area contributed by atoms with E-state index in [-0.39, 0.29) is 12.5 Å². The average molecular weight is 238 g/mol. The Morgan fingerprint density at radius 2 is 1.88 bits per heavy atom. The van der Waals surface area contributed by atoms with Crippen LogP contribution < -0.4 is 10.6 Å². The smallest absolute Gasteiger partial charge is 0.135 e. The Labute approximate surface area is 103 Å².